The maximum absolute atomic E-state index is 12.7. The largest absolute Gasteiger partial charge is 0.497 e. The fourth-order valence-corrected chi connectivity index (χ4v) is 5.22. The average Bonchev–Trinajstić information content (AvgIpc) is 2.82. The highest BCUT2D eigenvalue weighted by Crippen LogP contribution is 2.23. The molecule has 1 aliphatic rings. The van der Waals surface area contributed by atoms with Crippen LogP contribution in [-0.4, -0.2) is 71.3 Å². The average molecular weight is 482 g/mol. The van der Waals surface area contributed by atoms with Gasteiger partial charge in [-0.25, -0.2) is 8.42 Å². The van der Waals surface area contributed by atoms with Crippen LogP contribution in [0, 0.1) is 0 Å². The fourth-order valence-electron chi connectivity index (χ4n) is 3.56. The number of carbonyl (C=O) groups is 1. The summed E-state index contributed by atoms with van der Waals surface area (Å²) in [6.45, 7) is 2.34. The molecule has 8 nitrogen and oxygen atoms in total. The lowest BCUT2D eigenvalue weighted by Gasteiger charge is -2.35. The molecule has 0 aromatic heterocycles. The molecule has 2 aromatic carbocycles. The summed E-state index contributed by atoms with van der Waals surface area (Å²) in [7, 11) is -0.296. The van der Waals surface area contributed by atoms with Crippen LogP contribution in [0.5, 0.6) is 11.5 Å². The molecule has 32 heavy (non-hydrogen) atoms. The smallest absolute Gasteiger partial charge is 0.255 e. The van der Waals surface area contributed by atoms with Crippen molar-refractivity contribution in [2.24, 2.45) is 0 Å². The van der Waals surface area contributed by atoms with Gasteiger partial charge in [0.05, 0.1) is 25.5 Å². The zero-order valence-corrected chi connectivity index (χ0v) is 19.8. The van der Waals surface area contributed by atoms with Gasteiger partial charge in [-0.2, -0.15) is 4.31 Å². The van der Waals surface area contributed by atoms with Crippen LogP contribution >= 0.6 is 11.6 Å². The van der Waals surface area contributed by atoms with Crippen LogP contribution in [0.1, 0.15) is 16.8 Å². The van der Waals surface area contributed by atoms with Crippen LogP contribution in [0.2, 0.25) is 5.02 Å². The predicted molar refractivity (Wildman–Crippen MR) is 126 cm³/mol. The molecule has 3 rings (SSSR count). The number of anilines is 1. The highest BCUT2D eigenvalue weighted by molar-refractivity contribution is 7.89. The summed E-state index contributed by atoms with van der Waals surface area (Å²) in [5.41, 5.74) is 1.36. The molecule has 2 aromatic rings. The second-order valence-electron chi connectivity index (χ2n) is 7.35. The van der Waals surface area contributed by atoms with E-state index < -0.39 is 10.0 Å². The van der Waals surface area contributed by atoms with E-state index in [-0.39, 0.29) is 18.2 Å². The van der Waals surface area contributed by atoms with Gasteiger partial charge >= 0.3 is 0 Å². The van der Waals surface area contributed by atoms with Crippen molar-refractivity contribution in [2.45, 2.75) is 6.42 Å². The SMILES string of the molecule is COc1ccc(N2CCN(S(=O)(=O)CCCNC(=O)c3cc(Cl)ccc3OC)CC2)cc1. The van der Waals surface area contributed by atoms with Crippen LogP contribution < -0.4 is 19.7 Å². The van der Waals surface area contributed by atoms with Gasteiger partial charge in [0.25, 0.3) is 5.91 Å². The molecule has 0 bridgehead atoms. The number of carbonyl (C=O) groups excluding carboxylic acids is 1. The molecule has 10 heteroatoms. The highest BCUT2D eigenvalue weighted by atomic mass is 35.5. The van der Waals surface area contributed by atoms with Gasteiger partial charge in [-0.15, -0.1) is 0 Å². The minimum Gasteiger partial charge on any atom is -0.497 e. The number of hydrogen-bond donors (Lipinski definition) is 1. The first-order valence-electron chi connectivity index (χ1n) is 10.3. The van der Waals surface area contributed by atoms with E-state index in [1.165, 1.54) is 17.5 Å². The van der Waals surface area contributed by atoms with E-state index in [4.69, 9.17) is 21.1 Å². The van der Waals surface area contributed by atoms with Gasteiger partial charge in [0.1, 0.15) is 11.5 Å². The third kappa shape index (κ3) is 6.05. The van der Waals surface area contributed by atoms with Gasteiger partial charge in [-0.05, 0) is 48.9 Å². The minimum absolute atomic E-state index is 0.0253. The maximum atomic E-state index is 12.7. The Morgan fingerprint density at radius 3 is 2.34 bits per heavy atom. The summed E-state index contributed by atoms with van der Waals surface area (Å²) in [6.07, 6.45) is 0.315. The monoisotopic (exact) mass is 481 g/mol. The Balaban J connectivity index is 1.45. The Morgan fingerprint density at radius 1 is 1.03 bits per heavy atom. The number of piperazine rings is 1. The Bertz CT molecular complexity index is 1020. The minimum atomic E-state index is -3.39. The van der Waals surface area contributed by atoms with Crippen molar-refractivity contribution in [3.8, 4) is 11.5 Å². The number of halogens is 1. The van der Waals surface area contributed by atoms with Gasteiger partial charge < -0.3 is 19.7 Å². The molecule has 0 spiro atoms. The summed E-state index contributed by atoms with van der Waals surface area (Å²) in [4.78, 5) is 14.5. The second-order valence-corrected chi connectivity index (χ2v) is 9.88. The van der Waals surface area contributed by atoms with Crippen molar-refractivity contribution in [3.63, 3.8) is 0 Å². The van der Waals surface area contributed by atoms with Gasteiger partial charge in [0.2, 0.25) is 10.0 Å². The molecule has 1 heterocycles. The fraction of sp³-hybridized carbons (Fsp3) is 0.409. The zero-order chi connectivity index (χ0) is 23.1. The van der Waals surface area contributed by atoms with Crippen LogP contribution in [0.4, 0.5) is 5.69 Å². The van der Waals surface area contributed by atoms with E-state index in [1.54, 1.807) is 19.2 Å². The molecule has 0 radical (unpaired) electrons. The molecular formula is C22H28ClN3O5S. The predicted octanol–water partition coefficient (Wildman–Crippen LogP) is 2.63. The van der Waals surface area contributed by atoms with Crippen LogP contribution in [0.15, 0.2) is 42.5 Å². The molecule has 0 aliphatic carbocycles. The highest BCUT2D eigenvalue weighted by Gasteiger charge is 2.26. The summed E-state index contributed by atoms with van der Waals surface area (Å²) >= 11 is 5.96. The third-order valence-corrected chi connectivity index (χ3v) is 7.53. The second kappa shape index (κ2) is 10.9. The first-order chi connectivity index (χ1) is 15.3. The normalized spacial score (nSPS) is 14.8. The number of nitrogens with zero attached hydrogens (tertiary/aromatic N) is 2. The number of ether oxygens (including phenoxy) is 2. The number of sulfonamides is 1. The van der Waals surface area contributed by atoms with Gasteiger partial charge in [-0.1, -0.05) is 11.6 Å². The molecule has 1 amide bonds. The number of benzene rings is 2. The van der Waals surface area contributed by atoms with Gasteiger partial charge in [-0.3, -0.25) is 4.79 Å². The van der Waals surface area contributed by atoms with Crippen LogP contribution in [0.3, 0.4) is 0 Å². The number of nitrogens with one attached hydrogen (secondary N) is 1. The Labute approximate surface area is 194 Å². The molecule has 0 atom stereocenters. The molecule has 1 aliphatic heterocycles. The van der Waals surface area contributed by atoms with Crippen molar-refractivity contribution in [1.29, 1.82) is 0 Å². The number of methoxy groups -OCH3 is 2. The topological polar surface area (TPSA) is 88.2 Å². The molecule has 1 saturated heterocycles. The number of amides is 1. The molecule has 0 saturated carbocycles. The van der Waals surface area contributed by atoms with E-state index in [0.29, 0.717) is 48.9 Å². The maximum Gasteiger partial charge on any atom is 0.255 e. The molecule has 174 valence electrons. The summed E-state index contributed by atoms with van der Waals surface area (Å²) in [5, 5.41) is 3.16. The molecule has 1 fully saturated rings. The van der Waals surface area contributed by atoms with Crippen molar-refractivity contribution in [2.75, 3.05) is 57.6 Å². The summed E-state index contributed by atoms with van der Waals surface area (Å²) in [6, 6.07) is 12.5. The van der Waals surface area contributed by atoms with Crippen LogP contribution in [-0.2, 0) is 10.0 Å². The van der Waals surface area contributed by atoms with Crippen molar-refractivity contribution >= 4 is 33.2 Å². The Morgan fingerprint density at radius 2 is 1.72 bits per heavy atom. The van der Waals surface area contributed by atoms with Crippen molar-refractivity contribution < 1.29 is 22.7 Å². The van der Waals surface area contributed by atoms with Crippen molar-refractivity contribution in [1.82, 2.24) is 9.62 Å². The van der Waals surface area contributed by atoms with E-state index in [1.807, 2.05) is 24.3 Å². The summed E-state index contributed by atoms with van der Waals surface area (Å²) in [5.74, 6) is 0.822. The lowest BCUT2D eigenvalue weighted by Crippen LogP contribution is -2.49. The first kappa shape index (κ1) is 24.2. The van der Waals surface area contributed by atoms with Crippen molar-refractivity contribution in [3.05, 3.63) is 53.1 Å². The zero-order valence-electron chi connectivity index (χ0n) is 18.2. The molecular weight excluding hydrogens is 454 g/mol. The standard InChI is InChI=1S/C22H28ClN3O5S/c1-30-19-7-5-18(6-8-19)25-11-13-26(14-12-25)32(28,29)15-3-10-24-22(27)20-16-17(23)4-9-21(20)31-2/h4-9,16H,3,10-15H2,1-2H3,(H,24,27). The van der Waals surface area contributed by atoms with E-state index in [9.17, 15) is 13.2 Å². The Kier molecular flexibility index (Phi) is 8.22. The third-order valence-electron chi connectivity index (χ3n) is 5.34. The van der Waals surface area contributed by atoms with Crippen LogP contribution in [0.25, 0.3) is 0 Å². The number of rotatable bonds is 9. The van der Waals surface area contributed by atoms with E-state index >= 15 is 0 Å². The van der Waals surface area contributed by atoms with E-state index in [2.05, 4.69) is 10.2 Å². The summed E-state index contributed by atoms with van der Waals surface area (Å²) < 4.78 is 37.3. The molecule has 1 N–H and O–H groups in total. The lowest BCUT2D eigenvalue weighted by molar-refractivity contribution is 0.0950. The number of hydrogen-bond acceptors (Lipinski definition) is 6. The lowest BCUT2D eigenvalue weighted by atomic mass is 10.2. The van der Waals surface area contributed by atoms with Gasteiger partial charge in [0.15, 0.2) is 0 Å². The van der Waals surface area contributed by atoms with E-state index in [0.717, 1.165) is 11.4 Å². The first-order valence-corrected chi connectivity index (χ1v) is 12.3. The van der Waals surface area contributed by atoms with Gasteiger partial charge in [0, 0.05) is 43.4 Å². The Hall–Kier alpha value is -2.49. The molecule has 0 unspecified atom stereocenters. The quantitative estimate of drug-likeness (QED) is 0.554.